The van der Waals surface area contributed by atoms with Gasteiger partial charge in [-0.25, -0.2) is 4.98 Å². The first-order valence-corrected chi connectivity index (χ1v) is 9.16. The van der Waals surface area contributed by atoms with Gasteiger partial charge in [0.1, 0.15) is 6.54 Å². The van der Waals surface area contributed by atoms with Crippen LogP contribution in [0, 0.1) is 11.3 Å². The Labute approximate surface area is 165 Å². The summed E-state index contributed by atoms with van der Waals surface area (Å²) in [4.78, 5) is 57.7. The second-order valence-corrected chi connectivity index (χ2v) is 7.24. The lowest BCUT2D eigenvalue weighted by atomic mass is 9.80. The van der Waals surface area contributed by atoms with Crippen molar-refractivity contribution < 1.29 is 23.9 Å². The Morgan fingerprint density at radius 2 is 2.17 bits per heavy atom. The van der Waals surface area contributed by atoms with Gasteiger partial charge in [0.15, 0.2) is 5.82 Å². The van der Waals surface area contributed by atoms with Crippen LogP contribution in [0.2, 0.25) is 0 Å². The van der Waals surface area contributed by atoms with Crippen molar-refractivity contribution >= 4 is 28.7 Å². The number of para-hydroxylation sites is 1. The summed E-state index contributed by atoms with van der Waals surface area (Å²) in [6.07, 6.45) is 0. The van der Waals surface area contributed by atoms with E-state index in [1.807, 2.05) is 0 Å². The largest absolute Gasteiger partial charge is 0.468 e. The third-order valence-corrected chi connectivity index (χ3v) is 5.55. The highest BCUT2D eigenvalue weighted by atomic mass is 16.5. The molecule has 10 nitrogen and oxygen atoms in total. The number of fused-ring (bicyclic) bond motifs is 2. The summed E-state index contributed by atoms with van der Waals surface area (Å²) >= 11 is 0. The first-order chi connectivity index (χ1) is 13.9. The standard InChI is InChI=1S/C19H20N4O6/c1-28-14(24)6-20-18(27)19-9-23(7-11(19)8-29-10-19)17(26)15-21-13-5-3-2-4-12(13)16(25)22-15/h2-5,11H,6-10H2,1H3,(H,20,27)(H,21,22,25)/t11-,19-/m0/s1. The van der Waals surface area contributed by atoms with Crippen molar-refractivity contribution in [3.8, 4) is 0 Å². The molecule has 1 aromatic heterocycles. The normalized spacial score (nSPS) is 23.1. The Morgan fingerprint density at radius 1 is 1.38 bits per heavy atom. The van der Waals surface area contributed by atoms with Gasteiger partial charge in [-0.1, -0.05) is 12.1 Å². The topological polar surface area (TPSA) is 131 Å². The molecule has 3 heterocycles. The summed E-state index contributed by atoms with van der Waals surface area (Å²) in [6.45, 7) is 0.631. The molecule has 152 valence electrons. The zero-order valence-electron chi connectivity index (χ0n) is 15.8. The molecular formula is C19H20N4O6. The Hall–Kier alpha value is -3.27. The Morgan fingerprint density at radius 3 is 2.97 bits per heavy atom. The number of aromatic nitrogens is 2. The van der Waals surface area contributed by atoms with Crippen LogP contribution in [-0.2, 0) is 19.1 Å². The smallest absolute Gasteiger partial charge is 0.325 e. The first-order valence-electron chi connectivity index (χ1n) is 9.16. The van der Waals surface area contributed by atoms with Crippen LogP contribution in [0.15, 0.2) is 29.1 Å². The van der Waals surface area contributed by atoms with Gasteiger partial charge in [-0.15, -0.1) is 0 Å². The van der Waals surface area contributed by atoms with Gasteiger partial charge in [0.25, 0.3) is 11.5 Å². The molecule has 2 fully saturated rings. The van der Waals surface area contributed by atoms with Gasteiger partial charge in [-0.2, -0.15) is 0 Å². The fourth-order valence-corrected chi connectivity index (χ4v) is 3.95. The molecule has 2 N–H and O–H groups in total. The highest BCUT2D eigenvalue weighted by Gasteiger charge is 2.57. The van der Waals surface area contributed by atoms with E-state index < -0.39 is 22.9 Å². The molecule has 0 unspecified atom stereocenters. The number of methoxy groups -OCH3 is 1. The van der Waals surface area contributed by atoms with Crippen molar-refractivity contribution in [3.63, 3.8) is 0 Å². The molecule has 1 aromatic carbocycles. The number of aromatic amines is 1. The van der Waals surface area contributed by atoms with Crippen LogP contribution in [0.25, 0.3) is 10.9 Å². The van der Waals surface area contributed by atoms with Gasteiger partial charge in [-0.05, 0) is 12.1 Å². The van der Waals surface area contributed by atoms with Crippen molar-refractivity contribution in [2.75, 3.05) is 40.0 Å². The molecule has 2 aromatic rings. The number of amides is 2. The molecule has 10 heteroatoms. The van der Waals surface area contributed by atoms with Crippen LogP contribution in [0.5, 0.6) is 0 Å². The summed E-state index contributed by atoms with van der Waals surface area (Å²) < 4.78 is 10.0. The quantitative estimate of drug-likeness (QED) is 0.649. The minimum Gasteiger partial charge on any atom is -0.468 e. The SMILES string of the molecule is COC(=O)CNC(=O)[C@@]12COC[C@@H]1CN(C(=O)c1nc3ccccc3c(=O)[nH]1)C2. The molecule has 0 saturated carbocycles. The van der Waals surface area contributed by atoms with Gasteiger partial charge >= 0.3 is 5.97 Å². The monoisotopic (exact) mass is 400 g/mol. The van der Waals surface area contributed by atoms with Gasteiger partial charge in [0.05, 0.1) is 36.6 Å². The van der Waals surface area contributed by atoms with E-state index in [1.54, 1.807) is 24.3 Å². The van der Waals surface area contributed by atoms with Crippen molar-refractivity contribution in [2.24, 2.45) is 11.3 Å². The highest BCUT2D eigenvalue weighted by molar-refractivity contribution is 5.94. The predicted octanol–water partition coefficient (Wildman–Crippen LogP) is -0.699. The third-order valence-electron chi connectivity index (χ3n) is 5.55. The summed E-state index contributed by atoms with van der Waals surface area (Å²) in [5.41, 5.74) is -0.916. The molecule has 29 heavy (non-hydrogen) atoms. The zero-order valence-corrected chi connectivity index (χ0v) is 15.8. The van der Waals surface area contributed by atoms with Crippen LogP contribution in [0.1, 0.15) is 10.6 Å². The van der Waals surface area contributed by atoms with Crippen LogP contribution in [0.3, 0.4) is 0 Å². The fourth-order valence-electron chi connectivity index (χ4n) is 3.95. The number of carbonyl (C=O) groups excluding carboxylic acids is 3. The fraction of sp³-hybridized carbons (Fsp3) is 0.421. The molecule has 4 rings (SSSR count). The van der Waals surface area contributed by atoms with Crippen molar-refractivity contribution in [1.29, 1.82) is 0 Å². The van der Waals surface area contributed by atoms with E-state index in [2.05, 4.69) is 20.0 Å². The van der Waals surface area contributed by atoms with Gasteiger partial charge in [0.2, 0.25) is 5.91 Å². The second-order valence-electron chi connectivity index (χ2n) is 7.24. The molecule has 2 amide bonds. The van der Waals surface area contributed by atoms with Gasteiger partial charge in [-0.3, -0.25) is 19.2 Å². The summed E-state index contributed by atoms with van der Waals surface area (Å²) in [6, 6.07) is 6.75. The molecule has 0 aliphatic carbocycles. The Balaban J connectivity index is 1.56. The summed E-state index contributed by atoms with van der Waals surface area (Å²) in [5.74, 6) is -1.66. The minimum absolute atomic E-state index is 0.0697. The number of benzene rings is 1. The third kappa shape index (κ3) is 3.25. The number of likely N-dealkylation sites (tertiary alicyclic amines) is 1. The van der Waals surface area contributed by atoms with E-state index in [9.17, 15) is 19.2 Å². The maximum absolute atomic E-state index is 13.0. The molecule has 2 atom stereocenters. The van der Waals surface area contributed by atoms with Crippen LogP contribution < -0.4 is 10.9 Å². The lowest BCUT2D eigenvalue weighted by Gasteiger charge is -2.25. The van der Waals surface area contributed by atoms with E-state index >= 15 is 0 Å². The number of carbonyl (C=O) groups is 3. The number of hydrogen-bond acceptors (Lipinski definition) is 7. The van der Waals surface area contributed by atoms with E-state index in [1.165, 1.54) is 12.0 Å². The van der Waals surface area contributed by atoms with Gasteiger partial charge < -0.3 is 24.7 Å². The van der Waals surface area contributed by atoms with E-state index in [-0.39, 0.29) is 37.3 Å². The van der Waals surface area contributed by atoms with Crippen LogP contribution >= 0.6 is 0 Å². The molecule has 2 aliphatic heterocycles. The number of rotatable bonds is 4. The van der Waals surface area contributed by atoms with E-state index in [0.29, 0.717) is 24.1 Å². The van der Waals surface area contributed by atoms with Crippen LogP contribution in [-0.4, -0.2) is 72.6 Å². The Bertz CT molecular complexity index is 1050. The van der Waals surface area contributed by atoms with Crippen molar-refractivity contribution in [1.82, 2.24) is 20.2 Å². The predicted molar refractivity (Wildman–Crippen MR) is 100 cm³/mol. The van der Waals surface area contributed by atoms with E-state index in [4.69, 9.17) is 4.74 Å². The molecule has 2 aliphatic rings. The summed E-state index contributed by atoms with van der Waals surface area (Å²) in [5, 5.41) is 2.96. The number of H-pyrrole nitrogens is 1. The molecule has 0 radical (unpaired) electrons. The van der Waals surface area contributed by atoms with Crippen LogP contribution in [0.4, 0.5) is 0 Å². The number of nitrogens with one attached hydrogen (secondary N) is 2. The average molecular weight is 400 g/mol. The lowest BCUT2D eigenvalue weighted by Crippen LogP contribution is -2.48. The number of nitrogens with zero attached hydrogens (tertiary/aromatic N) is 2. The second kappa shape index (κ2) is 7.28. The first kappa shape index (κ1) is 19.1. The van der Waals surface area contributed by atoms with E-state index in [0.717, 1.165) is 0 Å². The lowest BCUT2D eigenvalue weighted by molar-refractivity contribution is -0.142. The van der Waals surface area contributed by atoms with Crippen molar-refractivity contribution in [2.45, 2.75) is 0 Å². The molecule has 0 spiro atoms. The molecule has 2 saturated heterocycles. The molecular weight excluding hydrogens is 380 g/mol. The highest BCUT2D eigenvalue weighted by Crippen LogP contribution is 2.41. The van der Waals surface area contributed by atoms with Gasteiger partial charge in [0, 0.05) is 19.0 Å². The number of esters is 1. The average Bonchev–Trinajstić information content (AvgIpc) is 3.29. The number of ether oxygens (including phenoxy) is 2. The molecule has 0 bridgehead atoms. The minimum atomic E-state index is -0.944. The Kier molecular flexibility index (Phi) is 4.79. The zero-order chi connectivity index (χ0) is 20.6. The van der Waals surface area contributed by atoms with Crippen molar-refractivity contribution in [3.05, 3.63) is 40.4 Å². The maximum Gasteiger partial charge on any atom is 0.325 e. The maximum atomic E-state index is 13.0. The summed E-state index contributed by atoms with van der Waals surface area (Å²) in [7, 11) is 1.24. The number of hydrogen-bond donors (Lipinski definition) is 2.